The van der Waals surface area contributed by atoms with Crippen LogP contribution >= 0.6 is 0 Å². The highest BCUT2D eigenvalue weighted by atomic mass is 16.7. The normalized spacial score (nSPS) is 26.3. The van der Waals surface area contributed by atoms with E-state index < -0.39 is 6.29 Å². The van der Waals surface area contributed by atoms with Gasteiger partial charge in [-0.25, -0.2) is 0 Å². The summed E-state index contributed by atoms with van der Waals surface area (Å²) in [7, 11) is 0. The van der Waals surface area contributed by atoms with Gasteiger partial charge < -0.3 is 14.2 Å². The first-order valence-corrected chi connectivity index (χ1v) is 6.59. The quantitative estimate of drug-likeness (QED) is 0.767. The highest BCUT2D eigenvalue weighted by Crippen LogP contribution is 2.27. The maximum Gasteiger partial charge on any atom is 0.304 e. The van der Waals surface area contributed by atoms with Gasteiger partial charge in [-0.2, -0.15) is 0 Å². The minimum Gasteiger partial charge on any atom is -0.436 e. The summed E-state index contributed by atoms with van der Waals surface area (Å²) in [5, 5.41) is 0. The Balaban J connectivity index is 1.73. The van der Waals surface area contributed by atoms with E-state index in [1.165, 1.54) is 6.92 Å². The van der Waals surface area contributed by atoms with Gasteiger partial charge in [-0.15, -0.1) is 0 Å². The van der Waals surface area contributed by atoms with Crippen molar-refractivity contribution in [3.63, 3.8) is 0 Å². The minimum absolute atomic E-state index is 0.00642. The maximum absolute atomic E-state index is 10.9. The molecule has 1 aliphatic rings. The number of benzene rings is 1. The molecule has 1 aromatic rings. The van der Waals surface area contributed by atoms with E-state index in [1.807, 2.05) is 30.3 Å². The highest BCUT2D eigenvalue weighted by molar-refractivity contribution is 5.66. The number of ether oxygens (including phenoxy) is 3. The zero-order valence-electron chi connectivity index (χ0n) is 11.4. The molecule has 1 heterocycles. The van der Waals surface area contributed by atoms with Gasteiger partial charge in [0, 0.05) is 13.3 Å². The second kappa shape index (κ2) is 6.68. The van der Waals surface area contributed by atoms with Crippen LogP contribution in [0.3, 0.4) is 0 Å². The van der Waals surface area contributed by atoms with Crippen LogP contribution in [-0.2, 0) is 25.6 Å². The molecule has 1 aliphatic heterocycles. The lowest BCUT2D eigenvalue weighted by atomic mass is 10.0. The molecule has 1 fully saturated rings. The number of hydrogen-bond acceptors (Lipinski definition) is 4. The van der Waals surface area contributed by atoms with E-state index in [0.29, 0.717) is 19.1 Å². The van der Waals surface area contributed by atoms with Crippen LogP contribution in [0.5, 0.6) is 0 Å². The van der Waals surface area contributed by atoms with Crippen molar-refractivity contribution in [1.82, 2.24) is 0 Å². The van der Waals surface area contributed by atoms with Crippen molar-refractivity contribution in [3.05, 3.63) is 35.9 Å². The zero-order valence-corrected chi connectivity index (χ0v) is 11.4. The van der Waals surface area contributed by atoms with E-state index in [1.54, 1.807) is 0 Å². The first-order valence-electron chi connectivity index (χ1n) is 6.59. The Kier molecular flexibility index (Phi) is 4.93. The third-order valence-corrected chi connectivity index (χ3v) is 3.22. The van der Waals surface area contributed by atoms with Crippen LogP contribution in [0.4, 0.5) is 0 Å². The Morgan fingerprint density at radius 1 is 1.37 bits per heavy atom. The first kappa shape index (κ1) is 14.0. The molecule has 4 nitrogen and oxygen atoms in total. The van der Waals surface area contributed by atoms with Crippen LogP contribution in [0.15, 0.2) is 30.3 Å². The van der Waals surface area contributed by atoms with Crippen molar-refractivity contribution < 1.29 is 19.0 Å². The van der Waals surface area contributed by atoms with Crippen molar-refractivity contribution in [2.75, 3.05) is 6.61 Å². The largest absolute Gasteiger partial charge is 0.436 e. The van der Waals surface area contributed by atoms with Crippen LogP contribution in [0.2, 0.25) is 0 Å². The second-order valence-electron chi connectivity index (χ2n) is 4.93. The maximum atomic E-state index is 10.9. The fourth-order valence-electron chi connectivity index (χ4n) is 2.17. The Labute approximate surface area is 113 Å². The van der Waals surface area contributed by atoms with Crippen molar-refractivity contribution in [2.24, 2.45) is 5.92 Å². The van der Waals surface area contributed by atoms with Crippen molar-refractivity contribution >= 4 is 5.97 Å². The average Bonchev–Trinajstić information content (AvgIpc) is 2.70. The summed E-state index contributed by atoms with van der Waals surface area (Å²) in [6.45, 7) is 4.58. The SMILES string of the molecule is CC(=O)OC1C[C@H](C)[C@@H](COCc2ccccc2)O1. The standard InChI is InChI=1S/C15H20O4/c1-11-8-15(18-12(2)16)19-14(11)10-17-9-13-6-4-3-5-7-13/h3-7,11,14-15H,8-10H2,1-2H3/t11-,14+,15?/m0/s1. The molecule has 4 heteroatoms. The molecule has 0 radical (unpaired) electrons. The average molecular weight is 264 g/mol. The molecule has 1 saturated heterocycles. The van der Waals surface area contributed by atoms with Crippen LogP contribution in [-0.4, -0.2) is 25.0 Å². The monoisotopic (exact) mass is 264 g/mol. The molecular weight excluding hydrogens is 244 g/mol. The Morgan fingerprint density at radius 2 is 2.11 bits per heavy atom. The summed E-state index contributed by atoms with van der Waals surface area (Å²) in [6.07, 6.45) is 0.310. The van der Waals surface area contributed by atoms with E-state index in [0.717, 1.165) is 12.0 Å². The highest BCUT2D eigenvalue weighted by Gasteiger charge is 2.34. The Bertz CT molecular complexity index is 404. The third kappa shape index (κ3) is 4.33. The van der Waals surface area contributed by atoms with Crippen LogP contribution in [0.25, 0.3) is 0 Å². The summed E-state index contributed by atoms with van der Waals surface area (Å²) in [4.78, 5) is 10.9. The molecule has 1 unspecified atom stereocenters. The fraction of sp³-hybridized carbons (Fsp3) is 0.533. The van der Waals surface area contributed by atoms with Gasteiger partial charge in [0.15, 0.2) is 0 Å². The Hall–Kier alpha value is -1.39. The number of rotatable bonds is 5. The Morgan fingerprint density at radius 3 is 2.79 bits per heavy atom. The summed E-state index contributed by atoms with van der Waals surface area (Å²) < 4.78 is 16.4. The van der Waals surface area contributed by atoms with Crippen LogP contribution < -0.4 is 0 Å². The van der Waals surface area contributed by atoms with E-state index in [-0.39, 0.29) is 12.1 Å². The summed E-state index contributed by atoms with van der Waals surface area (Å²) >= 11 is 0. The first-order chi connectivity index (χ1) is 9.15. The lowest BCUT2D eigenvalue weighted by molar-refractivity contribution is -0.176. The molecule has 0 saturated carbocycles. The fourth-order valence-corrected chi connectivity index (χ4v) is 2.17. The summed E-state index contributed by atoms with van der Waals surface area (Å²) in [5.41, 5.74) is 1.14. The summed E-state index contributed by atoms with van der Waals surface area (Å²) in [5.74, 6) is 0.0307. The number of carbonyl (C=O) groups is 1. The molecule has 3 atom stereocenters. The smallest absolute Gasteiger partial charge is 0.304 e. The van der Waals surface area contributed by atoms with Gasteiger partial charge in [0.1, 0.15) is 0 Å². The van der Waals surface area contributed by atoms with E-state index in [4.69, 9.17) is 14.2 Å². The topological polar surface area (TPSA) is 44.8 Å². The van der Waals surface area contributed by atoms with Gasteiger partial charge in [0.05, 0.1) is 19.3 Å². The van der Waals surface area contributed by atoms with Gasteiger partial charge in [0.2, 0.25) is 6.29 Å². The summed E-state index contributed by atoms with van der Waals surface area (Å²) in [6, 6.07) is 10.0. The molecule has 0 bridgehead atoms. The van der Waals surface area contributed by atoms with Crippen molar-refractivity contribution in [1.29, 1.82) is 0 Å². The molecule has 0 aliphatic carbocycles. The van der Waals surface area contributed by atoms with Gasteiger partial charge in [0.25, 0.3) is 0 Å². The number of carbonyl (C=O) groups excluding carboxylic acids is 1. The molecule has 0 aromatic heterocycles. The predicted octanol–water partition coefficient (Wildman–Crippen LogP) is 2.52. The molecule has 0 spiro atoms. The van der Waals surface area contributed by atoms with Gasteiger partial charge >= 0.3 is 5.97 Å². The molecular formula is C15H20O4. The van der Waals surface area contributed by atoms with Crippen LogP contribution in [0.1, 0.15) is 25.8 Å². The van der Waals surface area contributed by atoms with Gasteiger partial charge in [-0.05, 0) is 11.5 Å². The van der Waals surface area contributed by atoms with E-state index in [9.17, 15) is 4.79 Å². The lowest BCUT2D eigenvalue weighted by Gasteiger charge is -2.15. The zero-order chi connectivity index (χ0) is 13.7. The van der Waals surface area contributed by atoms with Gasteiger partial charge in [-0.3, -0.25) is 4.79 Å². The molecule has 1 aromatic carbocycles. The second-order valence-corrected chi connectivity index (χ2v) is 4.93. The van der Waals surface area contributed by atoms with Crippen molar-refractivity contribution in [2.45, 2.75) is 39.3 Å². The number of esters is 1. The van der Waals surface area contributed by atoms with Gasteiger partial charge in [-0.1, -0.05) is 37.3 Å². The number of hydrogen-bond donors (Lipinski definition) is 0. The third-order valence-electron chi connectivity index (χ3n) is 3.22. The van der Waals surface area contributed by atoms with Crippen LogP contribution in [0, 0.1) is 5.92 Å². The van der Waals surface area contributed by atoms with E-state index in [2.05, 4.69) is 6.92 Å². The molecule has 104 valence electrons. The minimum atomic E-state index is -0.419. The van der Waals surface area contributed by atoms with Crippen molar-refractivity contribution in [3.8, 4) is 0 Å². The van der Waals surface area contributed by atoms with E-state index >= 15 is 0 Å². The molecule has 0 N–H and O–H groups in total. The predicted molar refractivity (Wildman–Crippen MR) is 70.3 cm³/mol. The molecule has 2 rings (SSSR count). The lowest BCUT2D eigenvalue weighted by Crippen LogP contribution is -2.22. The molecule has 0 amide bonds. The molecule has 19 heavy (non-hydrogen) atoms.